The van der Waals surface area contributed by atoms with Crippen molar-refractivity contribution in [2.24, 2.45) is 5.73 Å². The maximum absolute atomic E-state index is 11.9. The standard InChI is InChI=1S/C15H13ClN2OS/c16-13-7-9-20-14(13)15(19)18-10-12-5-3-11(4-6-12)2-1-8-17/h3-7,9H,8,10,17H2,(H,18,19). The summed E-state index contributed by atoms with van der Waals surface area (Å²) in [6.07, 6.45) is 0. The van der Waals surface area contributed by atoms with Crippen LogP contribution in [0.25, 0.3) is 0 Å². The van der Waals surface area contributed by atoms with E-state index in [1.165, 1.54) is 11.3 Å². The van der Waals surface area contributed by atoms with Gasteiger partial charge in [-0.05, 0) is 29.1 Å². The third-order valence-electron chi connectivity index (χ3n) is 2.57. The van der Waals surface area contributed by atoms with Gasteiger partial charge >= 0.3 is 0 Å². The van der Waals surface area contributed by atoms with Crippen molar-refractivity contribution in [3.63, 3.8) is 0 Å². The lowest BCUT2D eigenvalue weighted by Gasteiger charge is -2.04. The fraction of sp³-hybridized carbons (Fsp3) is 0.133. The van der Waals surface area contributed by atoms with Gasteiger partial charge in [0.2, 0.25) is 0 Å². The molecule has 5 heteroatoms. The molecular weight excluding hydrogens is 292 g/mol. The van der Waals surface area contributed by atoms with Crippen molar-refractivity contribution in [3.05, 3.63) is 56.7 Å². The van der Waals surface area contributed by atoms with Crippen molar-refractivity contribution in [3.8, 4) is 11.8 Å². The van der Waals surface area contributed by atoms with Crippen LogP contribution in [0.2, 0.25) is 5.02 Å². The second kappa shape index (κ2) is 7.11. The Kier molecular flexibility index (Phi) is 5.19. The molecule has 0 radical (unpaired) electrons. The first-order valence-electron chi connectivity index (χ1n) is 6.00. The largest absolute Gasteiger partial charge is 0.347 e. The van der Waals surface area contributed by atoms with Crippen LogP contribution in [0, 0.1) is 11.8 Å². The maximum Gasteiger partial charge on any atom is 0.263 e. The fourth-order valence-corrected chi connectivity index (χ4v) is 2.63. The molecule has 0 aliphatic carbocycles. The molecule has 3 nitrogen and oxygen atoms in total. The van der Waals surface area contributed by atoms with E-state index in [-0.39, 0.29) is 5.91 Å². The number of benzene rings is 1. The molecular formula is C15H13ClN2OS. The Balaban J connectivity index is 1.94. The summed E-state index contributed by atoms with van der Waals surface area (Å²) in [5.41, 5.74) is 7.23. The van der Waals surface area contributed by atoms with E-state index in [1.54, 1.807) is 11.4 Å². The third kappa shape index (κ3) is 3.84. The summed E-state index contributed by atoms with van der Waals surface area (Å²) in [5, 5.41) is 5.12. The van der Waals surface area contributed by atoms with Crippen LogP contribution in [0.3, 0.4) is 0 Å². The van der Waals surface area contributed by atoms with Crippen LogP contribution in [0.4, 0.5) is 0 Å². The number of rotatable bonds is 3. The minimum Gasteiger partial charge on any atom is -0.347 e. The van der Waals surface area contributed by atoms with Gasteiger partial charge in [0, 0.05) is 12.1 Å². The Morgan fingerprint density at radius 1 is 1.30 bits per heavy atom. The maximum atomic E-state index is 11.9. The first-order chi connectivity index (χ1) is 9.70. The summed E-state index contributed by atoms with van der Waals surface area (Å²) in [5.74, 6) is 5.59. The van der Waals surface area contributed by atoms with Gasteiger partial charge in [-0.25, -0.2) is 0 Å². The number of thiophene rings is 1. The van der Waals surface area contributed by atoms with Crippen LogP contribution < -0.4 is 11.1 Å². The molecule has 102 valence electrons. The Labute approximate surface area is 126 Å². The smallest absolute Gasteiger partial charge is 0.263 e. The molecule has 0 aliphatic rings. The summed E-state index contributed by atoms with van der Waals surface area (Å²) in [6, 6.07) is 9.38. The average Bonchev–Trinajstić information content (AvgIpc) is 2.90. The second-order valence-electron chi connectivity index (χ2n) is 3.98. The Hall–Kier alpha value is -1.80. The van der Waals surface area contributed by atoms with E-state index < -0.39 is 0 Å². The molecule has 1 aromatic carbocycles. The molecule has 0 bridgehead atoms. The lowest BCUT2D eigenvalue weighted by molar-refractivity contribution is 0.0955. The Morgan fingerprint density at radius 3 is 2.65 bits per heavy atom. The fourth-order valence-electron chi connectivity index (χ4n) is 1.58. The minimum atomic E-state index is -0.156. The topological polar surface area (TPSA) is 55.1 Å². The summed E-state index contributed by atoms with van der Waals surface area (Å²) < 4.78 is 0. The Morgan fingerprint density at radius 2 is 2.05 bits per heavy atom. The molecule has 1 amide bonds. The van der Waals surface area contributed by atoms with Crippen LogP contribution in [-0.2, 0) is 6.54 Å². The molecule has 0 unspecified atom stereocenters. The highest BCUT2D eigenvalue weighted by atomic mass is 35.5. The first-order valence-corrected chi connectivity index (χ1v) is 7.25. The van der Waals surface area contributed by atoms with E-state index >= 15 is 0 Å². The molecule has 20 heavy (non-hydrogen) atoms. The highest BCUT2D eigenvalue weighted by Gasteiger charge is 2.10. The predicted octanol–water partition coefficient (Wildman–Crippen LogP) is 2.64. The molecule has 0 saturated heterocycles. The normalized spacial score (nSPS) is 9.70. The number of hydrogen-bond donors (Lipinski definition) is 2. The number of carbonyl (C=O) groups excluding carboxylic acids is 1. The van der Waals surface area contributed by atoms with Gasteiger partial charge in [-0.1, -0.05) is 35.6 Å². The monoisotopic (exact) mass is 304 g/mol. The van der Waals surface area contributed by atoms with Crippen molar-refractivity contribution in [2.45, 2.75) is 6.54 Å². The van der Waals surface area contributed by atoms with Crippen LogP contribution in [-0.4, -0.2) is 12.5 Å². The molecule has 0 spiro atoms. The van der Waals surface area contributed by atoms with E-state index in [2.05, 4.69) is 17.2 Å². The van der Waals surface area contributed by atoms with E-state index in [0.717, 1.165) is 11.1 Å². The van der Waals surface area contributed by atoms with Gasteiger partial charge in [-0.3, -0.25) is 4.79 Å². The molecule has 0 fully saturated rings. The van der Waals surface area contributed by atoms with Crippen molar-refractivity contribution >= 4 is 28.8 Å². The summed E-state index contributed by atoms with van der Waals surface area (Å²) in [7, 11) is 0. The van der Waals surface area contributed by atoms with Gasteiger partial charge in [0.1, 0.15) is 4.88 Å². The zero-order valence-corrected chi connectivity index (χ0v) is 12.2. The summed E-state index contributed by atoms with van der Waals surface area (Å²) in [4.78, 5) is 12.4. The summed E-state index contributed by atoms with van der Waals surface area (Å²) in [6.45, 7) is 0.803. The Bertz CT molecular complexity index is 653. The average molecular weight is 305 g/mol. The number of nitrogens with one attached hydrogen (secondary N) is 1. The lowest BCUT2D eigenvalue weighted by Crippen LogP contribution is -2.22. The van der Waals surface area contributed by atoms with E-state index in [0.29, 0.717) is 23.0 Å². The van der Waals surface area contributed by atoms with E-state index in [1.807, 2.05) is 24.3 Å². The van der Waals surface area contributed by atoms with Gasteiger partial charge in [0.15, 0.2) is 0 Å². The van der Waals surface area contributed by atoms with Crippen LogP contribution in [0.15, 0.2) is 35.7 Å². The molecule has 1 heterocycles. The quantitative estimate of drug-likeness (QED) is 0.857. The second-order valence-corrected chi connectivity index (χ2v) is 5.31. The van der Waals surface area contributed by atoms with Crippen LogP contribution in [0.1, 0.15) is 20.8 Å². The van der Waals surface area contributed by atoms with Gasteiger partial charge in [0.05, 0.1) is 11.6 Å². The SMILES string of the molecule is NCC#Cc1ccc(CNC(=O)c2sccc2Cl)cc1. The van der Waals surface area contributed by atoms with Crippen molar-refractivity contribution in [2.75, 3.05) is 6.54 Å². The molecule has 0 atom stereocenters. The predicted molar refractivity (Wildman–Crippen MR) is 82.9 cm³/mol. The number of carbonyl (C=O) groups is 1. The van der Waals surface area contributed by atoms with Gasteiger partial charge in [-0.15, -0.1) is 11.3 Å². The van der Waals surface area contributed by atoms with E-state index in [4.69, 9.17) is 17.3 Å². The zero-order chi connectivity index (χ0) is 14.4. The molecule has 1 aromatic heterocycles. The number of amides is 1. The van der Waals surface area contributed by atoms with Gasteiger partial charge in [0.25, 0.3) is 5.91 Å². The van der Waals surface area contributed by atoms with Crippen molar-refractivity contribution < 1.29 is 4.79 Å². The zero-order valence-electron chi connectivity index (χ0n) is 10.7. The number of hydrogen-bond acceptors (Lipinski definition) is 3. The first kappa shape index (κ1) is 14.6. The number of halogens is 1. The summed E-state index contributed by atoms with van der Waals surface area (Å²) >= 11 is 7.24. The van der Waals surface area contributed by atoms with Crippen LogP contribution in [0.5, 0.6) is 0 Å². The van der Waals surface area contributed by atoms with Gasteiger partial charge in [-0.2, -0.15) is 0 Å². The third-order valence-corrected chi connectivity index (χ3v) is 3.91. The highest BCUT2D eigenvalue weighted by molar-refractivity contribution is 7.12. The number of nitrogens with two attached hydrogens (primary N) is 1. The minimum absolute atomic E-state index is 0.156. The lowest BCUT2D eigenvalue weighted by atomic mass is 10.1. The molecule has 0 saturated carbocycles. The van der Waals surface area contributed by atoms with E-state index in [9.17, 15) is 4.79 Å². The van der Waals surface area contributed by atoms with Gasteiger partial charge < -0.3 is 11.1 Å². The van der Waals surface area contributed by atoms with Crippen molar-refractivity contribution in [1.29, 1.82) is 0 Å². The highest BCUT2D eigenvalue weighted by Crippen LogP contribution is 2.21. The molecule has 2 aromatic rings. The van der Waals surface area contributed by atoms with Crippen molar-refractivity contribution in [1.82, 2.24) is 5.32 Å². The molecule has 0 aliphatic heterocycles. The van der Waals surface area contributed by atoms with Crippen LogP contribution >= 0.6 is 22.9 Å². The molecule has 2 rings (SSSR count). The molecule has 3 N–H and O–H groups in total.